The number of fused-ring (bicyclic) bond motifs is 1. The van der Waals surface area contributed by atoms with Crippen LogP contribution in [0, 0.1) is 10.1 Å². The number of hydrogen-bond acceptors (Lipinski definition) is 6. The Hall–Kier alpha value is -3.24. The zero-order valence-corrected chi connectivity index (χ0v) is 19.8. The number of nitro groups is 1. The lowest BCUT2D eigenvalue weighted by Crippen LogP contribution is -2.53. The molecule has 0 saturated heterocycles. The van der Waals surface area contributed by atoms with Gasteiger partial charge in [0, 0.05) is 33.4 Å². The minimum Gasteiger partial charge on any atom is -0.506 e. The second kappa shape index (κ2) is 8.36. The lowest BCUT2D eigenvalue weighted by atomic mass is 9.95. The average molecular weight is 560 g/mol. The highest BCUT2D eigenvalue weighted by Crippen LogP contribution is 2.39. The Morgan fingerprint density at radius 1 is 1.16 bits per heavy atom. The average Bonchev–Trinajstić information content (AvgIpc) is 2.76. The van der Waals surface area contributed by atoms with Gasteiger partial charge < -0.3 is 10.4 Å². The van der Waals surface area contributed by atoms with Crippen molar-refractivity contribution in [1.82, 2.24) is 5.01 Å². The molecule has 0 saturated carbocycles. The number of phenols is 1. The molecule has 3 aromatic rings. The van der Waals surface area contributed by atoms with Crippen LogP contribution in [0.1, 0.15) is 28.4 Å². The van der Waals surface area contributed by atoms with Gasteiger partial charge in [-0.2, -0.15) is 10.1 Å². The van der Waals surface area contributed by atoms with Crippen LogP contribution in [0.5, 0.6) is 5.75 Å². The standard InChI is InChI=1S/C22H16Br2N4O4/c1-22(14-5-4-6-16(10-14)28(31)32)26-19-8-3-2-7-17(19)21(30)27(22)25-12-13-9-15(23)11-18(24)20(13)29/h2-12,26,29H,1H3. The van der Waals surface area contributed by atoms with Crippen LogP contribution in [0.15, 0.2) is 74.7 Å². The van der Waals surface area contributed by atoms with Crippen LogP contribution in [-0.2, 0) is 5.66 Å². The van der Waals surface area contributed by atoms with Crippen LogP contribution in [0.3, 0.4) is 0 Å². The van der Waals surface area contributed by atoms with Crippen molar-refractivity contribution in [1.29, 1.82) is 0 Å². The van der Waals surface area contributed by atoms with Crippen LogP contribution in [0.25, 0.3) is 0 Å². The molecule has 0 aliphatic carbocycles. The van der Waals surface area contributed by atoms with E-state index in [0.29, 0.717) is 31.3 Å². The first-order valence-electron chi connectivity index (χ1n) is 9.39. The zero-order valence-electron chi connectivity index (χ0n) is 16.6. The highest BCUT2D eigenvalue weighted by atomic mass is 79.9. The van der Waals surface area contributed by atoms with Crippen LogP contribution in [0.2, 0.25) is 0 Å². The lowest BCUT2D eigenvalue weighted by Gasteiger charge is -2.43. The molecular formula is C22H16Br2N4O4. The van der Waals surface area contributed by atoms with E-state index in [4.69, 9.17) is 0 Å². The van der Waals surface area contributed by atoms with Crippen molar-refractivity contribution in [3.05, 3.63) is 96.4 Å². The van der Waals surface area contributed by atoms with E-state index in [1.807, 2.05) is 0 Å². The van der Waals surface area contributed by atoms with E-state index in [1.54, 1.807) is 55.5 Å². The van der Waals surface area contributed by atoms with Crippen LogP contribution < -0.4 is 5.32 Å². The van der Waals surface area contributed by atoms with Crippen molar-refractivity contribution in [3.8, 4) is 5.75 Å². The fraction of sp³-hybridized carbons (Fsp3) is 0.0909. The molecule has 10 heteroatoms. The van der Waals surface area contributed by atoms with Crippen LogP contribution >= 0.6 is 31.9 Å². The molecule has 8 nitrogen and oxygen atoms in total. The summed E-state index contributed by atoms with van der Waals surface area (Å²) in [5, 5.41) is 30.6. The largest absolute Gasteiger partial charge is 0.506 e. The summed E-state index contributed by atoms with van der Waals surface area (Å²) in [5.41, 5.74) is 0.519. The molecule has 32 heavy (non-hydrogen) atoms. The van der Waals surface area contributed by atoms with Crippen molar-refractivity contribution in [2.75, 3.05) is 5.32 Å². The van der Waals surface area contributed by atoms with Crippen molar-refractivity contribution in [2.45, 2.75) is 12.6 Å². The number of nitrogens with zero attached hydrogens (tertiary/aromatic N) is 3. The van der Waals surface area contributed by atoms with Gasteiger partial charge in [0.1, 0.15) is 5.75 Å². The predicted octanol–water partition coefficient (Wildman–Crippen LogP) is 5.60. The highest BCUT2D eigenvalue weighted by Gasteiger charge is 2.43. The fourth-order valence-corrected chi connectivity index (χ4v) is 4.76. The van der Waals surface area contributed by atoms with Gasteiger partial charge in [-0.3, -0.25) is 14.9 Å². The Morgan fingerprint density at radius 2 is 1.91 bits per heavy atom. The second-order valence-electron chi connectivity index (χ2n) is 7.24. The van der Waals surface area contributed by atoms with E-state index in [1.165, 1.54) is 23.4 Å². The minimum absolute atomic E-state index is 0.0354. The number of hydrogen-bond donors (Lipinski definition) is 2. The summed E-state index contributed by atoms with van der Waals surface area (Å²) in [4.78, 5) is 24.3. The summed E-state index contributed by atoms with van der Waals surface area (Å²) in [6, 6.07) is 16.4. The molecule has 3 aromatic carbocycles. The SMILES string of the molecule is CC1(c2cccc([N+](=O)[O-])c2)Nc2ccccc2C(=O)N1N=Cc1cc(Br)cc(Br)c1O. The van der Waals surface area contributed by atoms with Crippen molar-refractivity contribution < 1.29 is 14.8 Å². The molecule has 4 rings (SSSR count). The predicted molar refractivity (Wildman–Crippen MR) is 128 cm³/mol. The molecule has 0 fully saturated rings. The number of aromatic hydroxyl groups is 1. The van der Waals surface area contributed by atoms with E-state index >= 15 is 0 Å². The molecule has 162 valence electrons. The molecule has 0 bridgehead atoms. The van der Waals surface area contributed by atoms with E-state index in [2.05, 4.69) is 42.3 Å². The Labute approximate surface area is 200 Å². The van der Waals surface area contributed by atoms with E-state index in [0.717, 1.165) is 0 Å². The van der Waals surface area contributed by atoms with Gasteiger partial charge in [-0.25, -0.2) is 0 Å². The quantitative estimate of drug-likeness (QED) is 0.246. The summed E-state index contributed by atoms with van der Waals surface area (Å²) in [6.07, 6.45) is 1.37. The van der Waals surface area contributed by atoms with Gasteiger partial charge in [-0.15, -0.1) is 0 Å². The summed E-state index contributed by atoms with van der Waals surface area (Å²) < 4.78 is 1.17. The third-order valence-electron chi connectivity index (χ3n) is 5.14. The first-order chi connectivity index (χ1) is 15.2. The number of carbonyl (C=O) groups excluding carboxylic acids is 1. The molecule has 1 aliphatic rings. The Kier molecular flexibility index (Phi) is 5.74. The fourth-order valence-electron chi connectivity index (χ4n) is 3.50. The Morgan fingerprint density at radius 3 is 2.66 bits per heavy atom. The van der Waals surface area contributed by atoms with E-state index in [-0.39, 0.29) is 11.4 Å². The molecule has 1 heterocycles. The number of amides is 1. The lowest BCUT2D eigenvalue weighted by molar-refractivity contribution is -0.385. The number of halogens is 2. The highest BCUT2D eigenvalue weighted by molar-refractivity contribution is 9.11. The maximum absolute atomic E-state index is 13.4. The monoisotopic (exact) mass is 558 g/mol. The Bertz CT molecular complexity index is 1280. The molecule has 0 aromatic heterocycles. The number of hydrazone groups is 1. The Balaban J connectivity index is 1.86. The zero-order chi connectivity index (χ0) is 23.0. The maximum atomic E-state index is 13.4. The molecule has 0 radical (unpaired) electrons. The molecule has 2 N–H and O–H groups in total. The van der Waals surface area contributed by atoms with Crippen LogP contribution in [-0.4, -0.2) is 27.2 Å². The first-order valence-corrected chi connectivity index (χ1v) is 11.0. The summed E-state index contributed by atoms with van der Waals surface area (Å²) >= 11 is 6.65. The van der Waals surface area contributed by atoms with Gasteiger partial charge in [0.15, 0.2) is 5.66 Å². The number of anilines is 1. The van der Waals surface area contributed by atoms with Gasteiger partial charge in [-0.05, 0) is 47.1 Å². The molecule has 1 aliphatic heterocycles. The number of non-ortho nitro benzene ring substituents is 1. The molecule has 1 amide bonds. The van der Waals surface area contributed by atoms with Gasteiger partial charge in [0.25, 0.3) is 11.6 Å². The minimum atomic E-state index is -1.23. The van der Waals surface area contributed by atoms with Gasteiger partial charge in [0.05, 0.1) is 21.2 Å². The number of para-hydroxylation sites is 1. The normalized spacial score (nSPS) is 17.8. The molecule has 1 atom stereocenters. The topological polar surface area (TPSA) is 108 Å². The second-order valence-corrected chi connectivity index (χ2v) is 9.01. The number of rotatable bonds is 4. The van der Waals surface area contributed by atoms with Gasteiger partial charge in [-0.1, -0.05) is 40.2 Å². The maximum Gasteiger partial charge on any atom is 0.278 e. The molecule has 1 unspecified atom stereocenters. The van der Waals surface area contributed by atoms with Gasteiger partial charge >= 0.3 is 0 Å². The first kappa shape index (κ1) is 22.0. The third-order valence-corrected chi connectivity index (χ3v) is 6.20. The van der Waals surface area contributed by atoms with E-state index in [9.17, 15) is 20.0 Å². The summed E-state index contributed by atoms with van der Waals surface area (Å²) in [6.45, 7) is 1.72. The van der Waals surface area contributed by atoms with Gasteiger partial charge in [0.2, 0.25) is 0 Å². The number of carbonyl (C=O) groups is 1. The van der Waals surface area contributed by atoms with Crippen LogP contribution in [0.4, 0.5) is 11.4 Å². The summed E-state index contributed by atoms with van der Waals surface area (Å²) in [5.74, 6) is -0.426. The van der Waals surface area contributed by atoms with Crippen molar-refractivity contribution in [2.24, 2.45) is 5.10 Å². The number of nitro benzene ring substituents is 1. The third kappa shape index (κ3) is 3.87. The number of phenolic OH excluding ortho intramolecular Hbond substituents is 1. The van der Waals surface area contributed by atoms with Crippen molar-refractivity contribution in [3.63, 3.8) is 0 Å². The van der Waals surface area contributed by atoms with Crippen molar-refractivity contribution >= 4 is 55.4 Å². The number of nitrogens with one attached hydrogen (secondary N) is 1. The smallest absolute Gasteiger partial charge is 0.278 e. The van der Waals surface area contributed by atoms with E-state index < -0.39 is 16.5 Å². The molecular weight excluding hydrogens is 544 g/mol. The molecule has 0 spiro atoms. The summed E-state index contributed by atoms with van der Waals surface area (Å²) in [7, 11) is 0. The number of benzene rings is 3.